The maximum Gasteiger partial charge on any atom is 1.00 e. The number of amides is 1. The van der Waals surface area contributed by atoms with Crippen LogP contribution in [-0.2, 0) is 0 Å². The first-order valence-electron chi connectivity index (χ1n) is 10.5. The van der Waals surface area contributed by atoms with E-state index in [2.05, 4.69) is 49.3 Å². The van der Waals surface area contributed by atoms with Gasteiger partial charge in [-0.3, -0.25) is 4.79 Å². The second-order valence-corrected chi connectivity index (χ2v) is 7.29. The molecule has 4 heterocycles. The van der Waals surface area contributed by atoms with Crippen LogP contribution in [0.25, 0.3) is 22.4 Å². The SMILES string of the molecule is C=CC.NC(=O)c1coc(-c2cnc(Nc3ccc(N4CC[N-]CC4)cc3)c3ncnn23)c1.[Rb+]. The Bertz CT molecular complexity index is 1250. The normalized spacial score (nSPS) is 12.9. The van der Waals surface area contributed by atoms with Gasteiger partial charge in [0, 0.05) is 11.4 Å². The average Bonchev–Trinajstić information content (AvgIpc) is 3.52. The molecule has 0 radical (unpaired) electrons. The van der Waals surface area contributed by atoms with E-state index < -0.39 is 5.91 Å². The third kappa shape index (κ3) is 6.00. The van der Waals surface area contributed by atoms with Gasteiger partial charge in [0.2, 0.25) is 0 Å². The summed E-state index contributed by atoms with van der Waals surface area (Å²) >= 11 is 0. The number of benzene rings is 1. The molecule has 0 spiro atoms. The molecule has 1 aromatic carbocycles. The molecule has 1 aliphatic rings. The quantitative estimate of drug-likeness (QED) is 0.362. The number of carbonyl (C=O) groups excluding carboxylic acids is 1. The van der Waals surface area contributed by atoms with E-state index in [0.29, 0.717) is 22.9 Å². The van der Waals surface area contributed by atoms with Crippen molar-refractivity contribution in [2.45, 2.75) is 6.92 Å². The minimum atomic E-state index is -0.562. The van der Waals surface area contributed by atoms with Crippen LogP contribution in [0.3, 0.4) is 0 Å². The van der Waals surface area contributed by atoms with Gasteiger partial charge < -0.3 is 25.7 Å². The molecule has 34 heavy (non-hydrogen) atoms. The molecule has 0 unspecified atom stereocenters. The fourth-order valence-electron chi connectivity index (χ4n) is 3.43. The maximum atomic E-state index is 11.3. The van der Waals surface area contributed by atoms with Gasteiger partial charge in [-0.2, -0.15) is 5.10 Å². The number of nitrogens with two attached hydrogens (primary N) is 1. The van der Waals surface area contributed by atoms with E-state index in [-0.39, 0.29) is 63.8 Å². The number of allylic oxidation sites excluding steroid dienone is 1. The number of anilines is 3. The Morgan fingerprint density at radius 1 is 1.24 bits per heavy atom. The van der Waals surface area contributed by atoms with Gasteiger partial charge in [-0.05, 0) is 50.3 Å². The molecule has 5 rings (SSSR count). The number of rotatable bonds is 5. The van der Waals surface area contributed by atoms with Crippen LogP contribution in [0.1, 0.15) is 17.3 Å². The molecule has 3 aromatic heterocycles. The zero-order chi connectivity index (χ0) is 23.2. The number of hydrogen-bond acceptors (Lipinski definition) is 7. The van der Waals surface area contributed by atoms with Crippen molar-refractivity contribution in [2.75, 3.05) is 36.4 Å². The van der Waals surface area contributed by atoms with Crippen molar-refractivity contribution in [3.63, 3.8) is 0 Å². The molecular formula is C23H25N8O2Rb. The standard InChI is InChI=1S/C20H19N8O2.C3H6.Rb/c21-18(29)13-9-17(30-11-13)16-10-23-19(20-24-12-25-28(16)20)26-14-1-3-15(4-2-14)27-7-5-22-6-8-27;1-3-2;/h1-4,9-12H,5-8H2,(H2,21,29)(H,23,26);3H,1H2,2H3;/q-1;;+1. The summed E-state index contributed by atoms with van der Waals surface area (Å²) in [5.74, 6) is 0.423. The Morgan fingerprint density at radius 2 is 1.94 bits per heavy atom. The average molecular weight is 531 g/mol. The molecule has 1 aliphatic heterocycles. The molecule has 0 aliphatic carbocycles. The Morgan fingerprint density at radius 3 is 2.59 bits per heavy atom. The summed E-state index contributed by atoms with van der Waals surface area (Å²) in [6.07, 6.45) is 6.11. The number of aromatic nitrogens is 4. The van der Waals surface area contributed by atoms with Crippen molar-refractivity contribution in [1.82, 2.24) is 19.6 Å². The van der Waals surface area contributed by atoms with Gasteiger partial charge in [0.15, 0.2) is 17.2 Å². The van der Waals surface area contributed by atoms with E-state index in [4.69, 9.17) is 10.2 Å². The molecule has 1 fully saturated rings. The number of piperazine rings is 1. The van der Waals surface area contributed by atoms with Gasteiger partial charge in [-0.15, -0.1) is 19.7 Å². The molecule has 0 atom stereocenters. The third-order valence-electron chi connectivity index (χ3n) is 4.99. The molecule has 10 nitrogen and oxygen atoms in total. The third-order valence-corrected chi connectivity index (χ3v) is 4.99. The van der Waals surface area contributed by atoms with E-state index in [0.717, 1.165) is 31.9 Å². The van der Waals surface area contributed by atoms with Crippen molar-refractivity contribution >= 4 is 28.7 Å². The second kappa shape index (κ2) is 12.4. The van der Waals surface area contributed by atoms with Gasteiger partial charge in [0.25, 0.3) is 5.91 Å². The summed E-state index contributed by atoms with van der Waals surface area (Å²) in [6, 6.07) is 9.74. The van der Waals surface area contributed by atoms with E-state index in [9.17, 15) is 4.79 Å². The first-order chi connectivity index (χ1) is 16.1. The fourth-order valence-corrected chi connectivity index (χ4v) is 3.43. The zero-order valence-electron chi connectivity index (χ0n) is 19.3. The van der Waals surface area contributed by atoms with Gasteiger partial charge in [0.1, 0.15) is 18.3 Å². The van der Waals surface area contributed by atoms with Crippen LogP contribution in [0.15, 0.2) is 66.2 Å². The predicted octanol–water partition coefficient (Wildman–Crippen LogP) is 0.617. The minimum absolute atomic E-state index is 0. The van der Waals surface area contributed by atoms with Crippen molar-refractivity contribution in [3.05, 3.63) is 72.7 Å². The predicted molar refractivity (Wildman–Crippen MR) is 128 cm³/mol. The Labute approximate surface area is 246 Å². The topological polar surface area (TPSA) is 129 Å². The van der Waals surface area contributed by atoms with E-state index in [1.165, 1.54) is 18.3 Å². The van der Waals surface area contributed by atoms with E-state index >= 15 is 0 Å². The Hall–Kier alpha value is -2.37. The van der Waals surface area contributed by atoms with E-state index in [1.54, 1.807) is 22.9 Å². The van der Waals surface area contributed by atoms with Crippen LogP contribution in [0, 0.1) is 0 Å². The van der Waals surface area contributed by atoms with Gasteiger partial charge in [0.05, 0.1) is 11.8 Å². The number of nitrogens with zero attached hydrogens (tertiary/aromatic N) is 6. The van der Waals surface area contributed by atoms with Crippen LogP contribution in [0.4, 0.5) is 17.2 Å². The first-order valence-corrected chi connectivity index (χ1v) is 10.5. The molecule has 0 bridgehead atoms. The largest absolute Gasteiger partial charge is 1.00 e. The van der Waals surface area contributed by atoms with Crippen LogP contribution in [-0.4, -0.2) is 51.7 Å². The number of carbonyl (C=O) groups is 1. The van der Waals surface area contributed by atoms with Crippen molar-refractivity contribution in [1.29, 1.82) is 0 Å². The molecule has 11 heteroatoms. The second-order valence-electron chi connectivity index (χ2n) is 7.29. The summed E-state index contributed by atoms with van der Waals surface area (Å²) in [7, 11) is 0. The number of hydrogen-bond donors (Lipinski definition) is 2. The summed E-state index contributed by atoms with van der Waals surface area (Å²) in [6.45, 7) is 8.89. The zero-order valence-corrected chi connectivity index (χ0v) is 24.2. The van der Waals surface area contributed by atoms with E-state index in [1.807, 2.05) is 19.1 Å². The Kier molecular flexibility index (Phi) is 9.54. The first kappa shape index (κ1) is 26.2. The van der Waals surface area contributed by atoms with Crippen LogP contribution in [0.5, 0.6) is 0 Å². The van der Waals surface area contributed by atoms with Crippen LogP contribution < -0.4 is 74.1 Å². The fraction of sp³-hybridized carbons (Fsp3) is 0.217. The summed E-state index contributed by atoms with van der Waals surface area (Å²) < 4.78 is 7.06. The van der Waals surface area contributed by atoms with Gasteiger partial charge in [-0.25, -0.2) is 14.5 Å². The Balaban J connectivity index is 0.000000771. The molecule has 3 N–H and O–H groups in total. The summed E-state index contributed by atoms with van der Waals surface area (Å²) in [5, 5.41) is 11.9. The van der Waals surface area contributed by atoms with Crippen molar-refractivity contribution in [3.8, 4) is 11.5 Å². The van der Waals surface area contributed by atoms with Crippen LogP contribution in [0.2, 0.25) is 0 Å². The number of primary amides is 1. The number of furan rings is 1. The smallest absolute Gasteiger partial charge is 0.659 e. The van der Waals surface area contributed by atoms with Gasteiger partial charge >= 0.3 is 58.2 Å². The summed E-state index contributed by atoms with van der Waals surface area (Å²) in [5.41, 5.74) is 8.74. The maximum absolute atomic E-state index is 11.3. The molecule has 1 amide bonds. The summed E-state index contributed by atoms with van der Waals surface area (Å²) in [4.78, 5) is 22.5. The molecule has 170 valence electrons. The molecular weight excluding hydrogens is 506 g/mol. The van der Waals surface area contributed by atoms with Crippen molar-refractivity contribution < 1.29 is 67.4 Å². The monoisotopic (exact) mass is 530 g/mol. The van der Waals surface area contributed by atoms with Crippen LogP contribution >= 0.6 is 0 Å². The molecule has 4 aromatic rings. The molecule has 0 saturated carbocycles. The number of fused-ring (bicyclic) bond motifs is 1. The molecule has 1 saturated heterocycles. The van der Waals surface area contributed by atoms with Gasteiger partial charge in [-0.1, -0.05) is 6.08 Å². The van der Waals surface area contributed by atoms with Crippen molar-refractivity contribution in [2.24, 2.45) is 5.73 Å². The number of nitrogens with one attached hydrogen (secondary N) is 1. The minimum Gasteiger partial charge on any atom is -0.659 e.